The van der Waals surface area contributed by atoms with E-state index in [0.717, 1.165) is 25.0 Å². The molecule has 1 aliphatic heterocycles. The van der Waals surface area contributed by atoms with Gasteiger partial charge in [-0.1, -0.05) is 30.3 Å². The lowest BCUT2D eigenvalue weighted by Crippen LogP contribution is -2.57. The SMILES string of the molecule is O=C1NC(=O)[C@](CNC(=O)c2ccccc2-c2ccc(C(F)(F)F)cc2)(C2CC2)N1. The molecular weight excluding hydrogens is 399 g/mol. The van der Waals surface area contributed by atoms with Gasteiger partial charge in [0.2, 0.25) is 0 Å². The normalized spacial score (nSPS) is 21.2. The Bertz CT molecular complexity index is 1020. The second kappa shape index (κ2) is 7.16. The van der Waals surface area contributed by atoms with Crippen molar-refractivity contribution in [3.8, 4) is 11.1 Å². The number of alkyl halides is 3. The van der Waals surface area contributed by atoms with Gasteiger partial charge in [0.15, 0.2) is 0 Å². The van der Waals surface area contributed by atoms with Crippen molar-refractivity contribution in [3.63, 3.8) is 0 Å². The highest BCUT2D eigenvalue weighted by atomic mass is 19.4. The third kappa shape index (κ3) is 3.62. The Kier molecular flexibility index (Phi) is 4.76. The van der Waals surface area contributed by atoms with Crippen LogP contribution < -0.4 is 16.0 Å². The quantitative estimate of drug-likeness (QED) is 0.654. The number of hydrogen-bond acceptors (Lipinski definition) is 3. The zero-order valence-corrected chi connectivity index (χ0v) is 15.7. The molecule has 4 rings (SSSR count). The Hall–Kier alpha value is -3.36. The molecular formula is C21H18F3N3O3. The molecule has 1 heterocycles. The molecule has 0 aromatic heterocycles. The van der Waals surface area contributed by atoms with E-state index in [-0.39, 0.29) is 18.0 Å². The molecule has 0 unspecified atom stereocenters. The van der Waals surface area contributed by atoms with E-state index in [9.17, 15) is 27.6 Å². The van der Waals surface area contributed by atoms with E-state index >= 15 is 0 Å². The molecule has 0 spiro atoms. The third-order valence-electron chi connectivity index (χ3n) is 5.47. The van der Waals surface area contributed by atoms with Crippen molar-refractivity contribution in [2.24, 2.45) is 5.92 Å². The summed E-state index contributed by atoms with van der Waals surface area (Å²) in [5, 5.41) is 7.55. The smallest absolute Gasteiger partial charge is 0.349 e. The summed E-state index contributed by atoms with van der Waals surface area (Å²) in [6, 6.07) is 10.5. The molecule has 156 valence electrons. The van der Waals surface area contributed by atoms with Crippen LogP contribution in [0.25, 0.3) is 11.1 Å². The topological polar surface area (TPSA) is 87.3 Å². The molecule has 1 aliphatic carbocycles. The summed E-state index contributed by atoms with van der Waals surface area (Å²) < 4.78 is 38.5. The Morgan fingerprint density at radius 2 is 1.73 bits per heavy atom. The first-order chi connectivity index (χ1) is 14.2. The maximum Gasteiger partial charge on any atom is 0.416 e. The fourth-order valence-electron chi connectivity index (χ4n) is 3.72. The number of amides is 4. The first kappa shape index (κ1) is 19.9. The molecule has 2 aliphatic rings. The van der Waals surface area contributed by atoms with E-state index in [4.69, 9.17) is 0 Å². The Balaban J connectivity index is 1.56. The van der Waals surface area contributed by atoms with Crippen LogP contribution in [0.1, 0.15) is 28.8 Å². The Morgan fingerprint density at radius 1 is 1.07 bits per heavy atom. The summed E-state index contributed by atoms with van der Waals surface area (Å²) in [5.41, 5.74) is -0.770. The summed E-state index contributed by atoms with van der Waals surface area (Å²) in [4.78, 5) is 36.8. The molecule has 3 N–H and O–H groups in total. The molecule has 1 atom stereocenters. The number of imide groups is 1. The highest BCUT2D eigenvalue weighted by Crippen LogP contribution is 2.41. The Labute approximate surface area is 169 Å². The van der Waals surface area contributed by atoms with E-state index in [0.29, 0.717) is 11.1 Å². The highest BCUT2D eigenvalue weighted by Gasteiger charge is 2.56. The van der Waals surface area contributed by atoms with Gasteiger partial charge in [0.1, 0.15) is 5.54 Å². The lowest BCUT2D eigenvalue weighted by atomic mass is 9.92. The molecule has 1 saturated heterocycles. The summed E-state index contributed by atoms with van der Waals surface area (Å²) in [6.07, 6.45) is -2.91. The van der Waals surface area contributed by atoms with Crippen molar-refractivity contribution in [1.29, 1.82) is 0 Å². The molecule has 2 aromatic rings. The van der Waals surface area contributed by atoms with E-state index in [2.05, 4.69) is 16.0 Å². The molecule has 30 heavy (non-hydrogen) atoms. The van der Waals surface area contributed by atoms with Crippen molar-refractivity contribution >= 4 is 17.8 Å². The molecule has 1 saturated carbocycles. The molecule has 9 heteroatoms. The number of nitrogens with one attached hydrogen (secondary N) is 3. The molecule has 0 radical (unpaired) electrons. The summed E-state index contributed by atoms with van der Waals surface area (Å²) in [5.74, 6) is -1.000. The van der Waals surface area contributed by atoms with E-state index in [1.807, 2.05) is 0 Å². The first-order valence-corrected chi connectivity index (χ1v) is 9.39. The van der Waals surface area contributed by atoms with Gasteiger partial charge >= 0.3 is 12.2 Å². The number of carbonyl (C=O) groups excluding carboxylic acids is 3. The lowest BCUT2D eigenvalue weighted by Gasteiger charge is -2.26. The van der Waals surface area contributed by atoms with Crippen molar-refractivity contribution in [2.45, 2.75) is 24.6 Å². The molecule has 4 amide bonds. The van der Waals surface area contributed by atoms with Crippen LogP contribution in [0.3, 0.4) is 0 Å². The van der Waals surface area contributed by atoms with Crippen LogP contribution in [0.4, 0.5) is 18.0 Å². The van der Waals surface area contributed by atoms with Gasteiger partial charge in [0.25, 0.3) is 11.8 Å². The molecule has 2 fully saturated rings. The monoisotopic (exact) mass is 417 g/mol. The van der Waals surface area contributed by atoms with Crippen LogP contribution in [0, 0.1) is 5.92 Å². The summed E-state index contributed by atoms with van der Waals surface area (Å²) in [7, 11) is 0. The van der Waals surface area contributed by atoms with Crippen molar-refractivity contribution < 1.29 is 27.6 Å². The average molecular weight is 417 g/mol. The molecule has 0 bridgehead atoms. The van der Waals surface area contributed by atoms with Crippen LogP contribution in [-0.4, -0.2) is 29.9 Å². The third-order valence-corrected chi connectivity index (χ3v) is 5.47. The fourth-order valence-corrected chi connectivity index (χ4v) is 3.72. The maximum atomic E-state index is 12.9. The lowest BCUT2D eigenvalue weighted by molar-refractivity contribution is -0.137. The van der Waals surface area contributed by atoms with Crippen molar-refractivity contribution in [3.05, 3.63) is 59.7 Å². The number of rotatable bonds is 5. The zero-order chi connectivity index (χ0) is 21.5. The van der Waals surface area contributed by atoms with Crippen LogP contribution in [0.5, 0.6) is 0 Å². The van der Waals surface area contributed by atoms with E-state index in [1.165, 1.54) is 12.1 Å². The summed E-state index contributed by atoms with van der Waals surface area (Å²) in [6.45, 7) is -0.0740. The van der Waals surface area contributed by atoms with Crippen LogP contribution in [0.2, 0.25) is 0 Å². The van der Waals surface area contributed by atoms with Crippen LogP contribution in [-0.2, 0) is 11.0 Å². The molecule has 6 nitrogen and oxygen atoms in total. The number of benzene rings is 2. The number of halogens is 3. The van der Waals surface area contributed by atoms with Gasteiger partial charge in [0, 0.05) is 5.56 Å². The zero-order valence-electron chi connectivity index (χ0n) is 15.7. The Morgan fingerprint density at radius 3 is 2.30 bits per heavy atom. The average Bonchev–Trinajstić information content (AvgIpc) is 3.52. The minimum atomic E-state index is -4.45. The first-order valence-electron chi connectivity index (χ1n) is 9.39. The molecule has 2 aromatic carbocycles. The second-order valence-corrected chi connectivity index (χ2v) is 7.46. The van der Waals surface area contributed by atoms with Gasteiger partial charge in [0.05, 0.1) is 12.1 Å². The predicted molar refractivity (Wildman–Crippen MR) is 101 cm³/mol. The van der Waals surface area contributed by atoms with Crippen molar-refractivity contribution in [1.82, 2.24) is 16.0 Å². The number of hydrogen-bond donors (Lipinski definition) is 3. The largest absolute Gasteiger partial charge is 0.416 e. The van der Waals surface area contributed by atoms with E-state index in [1.54, 1.807) is 24.3 Å². The van der Waals surface area contributed by atoms with Gasteiger partial charge in [-0.25, -0.2) is 4.79 Å². The highest BCUT2D eigenvalue weighted by molar-refractivity contribution is 6.08. The predicted octanol–water partition coefficient (Wildman–Crippen LogP) is 3.09. The van der Waals surface area contributed by atoms with Gasteiger partial charge < -0.3 is 10.6 Å². The van der Waals surface area contributed by atoms with Crippen LogP contribution in [0.15, 0.2) is 48.5 Å². The fraction of sp³-hybridized carbons (Fsp3) is 0.286. The maximum absolute atomic E-state index is 12.9. The minimum Gasteiger partial charge on any atom is -0.349 e. The van der Waals surface area contributed by atoms with Gasteiger partial charge in [-0.05, 0) is 48.1 Å². The van der Waals surface area contributed by atoms with Crippen LogP contribution >= 0.6 is 0 Å². The number of carbonyl (C=O) groups is 3. The van der Waals surface area contributed by atoms with Gasteiger partial charge in [-0.3, -0.25) is 14.9 Å². The minimum absolute atomic E-state index is 0.0468. The van der Waals surface area contributed by atoms with Crippen molar-refractivity contribution in [2.75, 3.05) is 6.54 Å². The standard InChI is InChI=1S/C21H18F3N3O3/c22-21(23,24)14-7-5-12(6-8-14)15-3-1-2-4-16(15)17(28)25-11-20(13-9-10-13)18(29)26-19(30)27-20/h1-8,13H,9-11H2,(H,25,28)(H2,26,27,29,30)/t20-/m0/s1. The summed E-state index contributed by atoms with van der Waals surface area (Å²) >= 11 is 0. The second-order valence-electron chi connectivity index (χ2n) is 7.46. The van der Waals surface area contributed by atoms with E-state index < -0.39 is 35.1 Å². The van der Waals surface area contributed by atoms with Gasteiger partial charge in [-0.15, -0.1) is 0 Å². The van der Waals surface area contributed by atoms with Gasteiger partial charge in [-0.2, -0.15) is 13.2 Å². The number of urea groups is 1.